The molecule has 0 aliphatic carbocycles. The molecule has 6 heteroatoms. The van der Waals surface area contributed by atoms with Crippen LogP contribution in [0.5, 0.6) is 0 Å². The minimum Gasteiger partial charge on any atom is -0.310 e. The van der Waals surface area contributed by atoms with Crippen LogP contribution >= 0.6 is 0 Å². The Hall–Kier alpha value is -1.69. The maximum Gasteiger partial charge on any atom is 0.148 e. The first kappa shape index (κ1) is 15.7. The van der Waals surface area contributed by atoms with Crippen molar-refractivity contribution in [1.82, 2.24) is 29.9 Å². The van der Waals surface area contributed by atoms with E-state index in [-0.39, 0.29) is 0 Å². The second-order valence-corrected chi connectivity index (χ2v) is 5.25. The zero-order valence-corrected chi connectivity index (χ0v) is 13.7. The Morgan fingerprint density at radius 3 is 2.52 bits per heavy atom. The van der Waals surface area contributed by atoms with Crippen LogP contribution in [0.15, 0.2) is 6.33 Å². The molecule has 0 spiro atoms. The highest BCUT2D eigenvalue weighted by Crippen LogP contribution is 2.24. The first-order valence-corrected chi connectivity index (χ1v) is 7.76. The topological polar surface area (TPSA) is 60.6 Å². The van der Waals surface area contributed by atoms with E-state index >= 15 is 0 Å². The molecule has 1 unspecified atom stereocenters. The van der Waals surface area contributed by atoms with Crippen LogP contribution < -0.4 is 5.32 Å². The van der Waals surface area contributed by atoms with Gasteiger partial charge in [-0.2, -0.15) is 10.2 Å². The van der Waals surface area contributed by atoms with E-state index in [2.05, 4.69) is 47.8 Å². The van der Waals surface area contributed by atoms with Gasteiger partial charge in [-0.3, -0.25) is 9.36 Å². The molecule has 1 N–H and O–H groups in total. The van der Waals surface area contributed by atoms with E-state index < -0.39 is 0 Å². The van der Waals surface area contributed by atoms with Crippen LogP contribution in [0.2, 0.25) is 0 Å². The van der Waals surface area contributed by atoms with Gasteiger partial charge in [0.25, 0.3) is 0 Å². The fourth-order valence-corrected chi connectivity index (χ4v) is 2.84. The van der Waals surface area contributed by atoms with Crippen LogP contribution in [-0.4, -0.2) is 31.1 Å². The van der Waals surface area contributed by atoms with Crippen LogP contribution in [0.1, 0.15) is 56.5 Å². The Morgan fingerprint density at radius 2 is 2.00 bits per heavy atom. The molecule has 0 aliphatic rings. The number of nitrogens with zero attached hydrogens (tertiary/aromatic N) is 5. The number of aromatic nitrogens is 5. The SMILES string of the molecule is CCNC(C)c1c(CC)nn(Cc2ncnn2C)c1CC. The predicted octanol–water partition coefficient (Wildman–Crippen LogP) is 1.86. The molecule has 2 rings (SSSR count). The van der Waals surface area contributed by atoms with Gasteiger partial charge in [0.1, 0.15) is 18.7 Å². The van der Waals surface area contributed by atoms with E-state index in [9.17, 15) is 0 Å². The summed E-state index contributed by atoms with van der Waals surface area (Å²) in [5.74, 6) is 0.928. The molecule has 1 atom stereocenters. The summed E-state index contributed by atoms with van der Waals surface area (Å²) in [5, 5.41) is 12.5. The van der Waals surface area contributed by atoms with Crippen molar-refractivity contribution in [1.29, 1.82) is 0 Å². The van der Waals surface area contributed by atoms with Gasteiger partial charge < -0.3 is 5.32 Å². The zero-order chi connectivity index (χ0) is 15.4. The Balaban J connectivity index is 2.40. The summed E-state index contributed by atoms with van der Waals surface area (Å²) >= 11 is 0. The predicted molar refractivity (Wildman–Crippen MR) is 83.2 cm³/mol. The molecule has 2 heterocycles. The number of hydrogen-bond donors (Lipinski definition) is 1. The Bertz CT molecular complexity index is 583. The quantitative estimate of drug-likeness (QED) is 0.845. The fourth-order valence-electron chi connectivity index (χ4n) is 2.84. The Morgan fingerprint density at radius 1 is 1.24 bits per heavy atom. The molecule has 0 aromatic carbocycles. The molecule has 0 saturated carbocycles. The minimum absolute atomic E-state index is 0.327. The van der Waals surface area contributed by atoms with Crippen LogP contribution in [-0.2, 0) is 26.4 Å². The summed E-state index contributed by atoms with van der Waals surface area (Å²) in [6.45, 7) is 10.3. The van der Waals surface area contributed by atoms with E-state index in [0.29, 0.717) is 12.6 Å². The van der Waals surface area contributed by atoms with Gasteiger partial charge in [0, 0.05) is 24.3 Å². The smallest absolute Gasteiger partial charge is 0.148 e. The summed E-state index contributed by atoms with van der Waals surface area (Å²) in [6.07, 6.45) is 3.51. The van der Waals surface area contributed by atoms with Gasteiger partial charge in [-0.15, -0.1) is 0 Å². The third kappa shape index (κ3) is 3.15. The lowest BCUT2D eigenvalue weighted by atomic mass is 10.0. The lowest BCUT2D eigenvalue weighted by molar-refractivity contribution is 0.570. The lowest BCUT2D eigenvalue weighted by Gasteiger charge is -2.15. The molecule has 2 aromatic rings. The monoisotopic (exact) mass is 290 g/mol. The Kier molecular flexibility index (Phi) is 5.12. The first-order valence-electron chi connectivity index (χ1n) is 7.76. The van der Waals surface area contributed by atoms with Gasteiger partial charge in [-0.05, 0) is 26.3 Å². The normalized spacial score (nSPS) is 12.8. The second kappa shape index (κ2) is 6.85. The second-order valence-electron chi connectivity index (χ2n) is 5.25. The summed E-state index contributed by atoms with van der Waals surface area (Å²) < 4.78 is 3.89. The molecule has 0 saturated heterocycles. The first-order chi connectivity index (χ1) is 10.1. The molecule has 6 nitrogen and oxygen atoms in total. The van der Waals surface area contributed by atoms with E-state index in [4.69, 9.17) is 5.10 Å². The molecule has 0 fully saturated rings. The van der Waals surface area contributed by atoms with Gasteiger partial charge in [-0.1, -0.05) is 20.8 Å². The van der Waals surface area contributed by atoms with Crippen molar-refractivity contribution < 1.29 is 0 Å². The minimum atomic E-state index is 0.327. The van der Waals surface area contributed by atoms with E-state index in [1.165, 1.54) is 17.0 Å². The molecule has 0 amide bonds. The molecule has 21 heavy (non-hydrogen) atoms. The van der Waals surface area contributed by atoms with Gasteiger partial charge >= 0.3 is 0 Å². The third-order valence-corrected chi connectivity index (χ3v) is 3.88. The van der Waals surface area contributed by atoms with Gasteiger partial charge in [0.15, 0.2) is 0 Å². The summed E-state index contributed by atoms with van der Waals surface area (Å²) in [4.78, 5) is 4.31. The summed E-state index contributed by atoms with van der Waals surface area (Å²) in [6, 6.07) is 0.327. The van der Waals surface area contributed by atoms with Crippen LogP contribution in [0.3, 0.4) is 0 Å². The average molecular weight is 290 g/mol. The molecular weight excluding hydrogens is 264 g/mol. The highest BCUT2D eigenvalue weighted by atomic mass is 15.4. The fraction of sp³-hybridized carbons (Fsp3) is 0.667. The molecule has 116 valence electrons. The summed E-state index contributed by atoms with van der Waals surface area (Å²) in [5.41, 5.74) is 3.83. The van der Waals surface area contributed by atoms with Crippen molar-refractivity contribution in [2.24, 2.45) is 7.05 Å². The average Bonchev–Trinajstić information content (AvgIpc) is 3.03. The van der Waals surface area contributed by atoms with Gasteiger partial charge in [0.05, 0.1) is 5.69 Å². The number of nitrogens with one attached hydrogen (secondary N) is 1. The highest BCUT2D eigenvalue weighted by molar-refractivity contribution is 5.30. The standard InChI is InChI=1S/C15H26N6/c1-6-12-15(11(4)16-8-3)13(7-2)21(19-12)9-14-17-10-18-20(14)5/h10-11,16H,6-9H2,1-5H3. The van der Waals surface area contributed by atoms with Crippen LogP contribution in [0.4, 0.5) is 0 Å². The van der Waals surface area contributed by atoms with Crippen LogP contribution in [0, 0.1) is 0 Å². The molecule has 2 aromatic heterocycles. The number of hydrogen-bond acceptors (Lipinski definition) is 4. The molecule has 0 radical (unpaired) electrons. The van der Waals surface area contributed by atoms with Crippen molar-refractivity contribution in [3.63, 3.8) is 0 Å². The molecule has 0 aliphatic heterocycles. The maximum absolute atomic E-state index is 4.81. The Labute approximate surface area is 126 Å². The zero-order valence-electron chi connectivity index (χ0n) is 13.7. The van der Waals surface area contributed by atoms with Crippen molar-refractivity contribution in [2.45, 2.75) is 53.1 Å². The largest absolute Gasteiger partial charge is 0.310 e. The van der Waals surface area contributed by atoms with Crippen molar-refractivity contribution in [3.8, 4) is 0 Å². The number of aryl methyl sites for hydroxylation is 2. The maximum atomic E-state index is 4.81. The molecular formula is C15H26N6. The van der Waals surface area contributed by atoms with Crippen LogP contribution in [0.25, 0.3) is 0 Å². The van der Waals surface area contributed by atoms with E-state index in [1.54, 1.807) is 11.0 Å². The van der Waals surface area contributed by atoms with Crippen molar-refractivity contribution in [2.75, 3.05) is 6.54 Å². The van der Waals surface area contributed by atoms with Gasteiger partial charge in [-0.25, -0.2) is 4.98 Å². The van der Waals surface area contributed by atoms with E-state index in [1.807, 2.05) is 7.05 Å². The van der Waals surface area contributed by atoms with Crippen molar-refractivity contribution in [3.05, 3.63) is 29.1 Å². The number of rotatable bonds is 7. The molecule has 0 bridgehead atoms. The lowest BCUT2D eigenvalue weighted by Crippen LogP contribution is -2.20. The highest BCUT2D eigenvalue weighted by Gasteiger charge is 2.20. The van der Waals surface area contributed by atoms with E-state index in [0.717, 1.165) is 25.2 Å². The van der Waals surface area contributed by atoms with Crippen molar-refractivity contribution >= 4 is 0 Å². The third-order valence-electron chi connectivity index (χ3n) is 3.88. The summed E-state index contributed by atoms with van der Waals surface area (Å²) in [7, 11) is 1.92. The van der Waals surface area contributed by atoms with Gasteiger partial charge in [0.2, 0.25) is 0 Å².